The molecule has 1 N–H and O–H groups in total. The number of β-amino-alcohol motifs (C(OH)–C–C–N with tert-alkyl or cyclic N) is 1. The Kier molecular flexibility index (Phi) is 6.54. The number of nitrogens with zero attached hydrogens (tertiary/aromatic N) is 2. The Hall–Kier alpha value is -0.770. The summed E-state index contributed by atoms with van der Waals surface area (Å²) in [6.07, 6.45) is -0.0117. The molecular formula is C16H21ClN2O2S. The maximum Gasteiger partial charge on any atom is 0.0992 e. The maximum atomic E-state index is 10.2. The maximum absolute atomic E-state index is 10.2. The van der Waals surface area contributed by atoms with Crippen molar-refractivity contribution in [1.29, 1.82) is 5.26 Å². The zero-order chi connectivity index (χ0) is 16.1. The molecule has 4 nitrogen and oxygen atoms in total. The van der Waals surface area contributed by atoms with E-state index < -0.39 is 6.10 Å². The monoisotopic (exact) mass is 340 g/mol. The van der Waals surface area contributed by atoms with Crippen molar-refractivity contribution in [3.63, 3.8) is 0 Å². The van der Waals surface area contributed by atoms with Gasteiger partial charge in [-0.25, -0.2) is 0 Å². The first-order valence-electron chi connectivity index (χ1n) is 7.36. The van der Waals surface area contributed by atoms with E-state index in [1.165, 1.54) is 11.8 Å². The van der Waals surface area contributed by atoms with Crippen LogP contribution in [0.3, 0.4) is 0 Å². The van der Waals surface area contributed by atoms with Crippen LogP contribution in [-0.4, -0.2) is 53.7 Å². The van der Waals surface area contributed by atoms with Gasteiger partial charge in [-0.3, -0.25) is 4.90 Å². The molecule has 0 aliphatic carbocycles. The average molecular weight is 341 g/mol. The normalized spacial score (nSPS) is 24.0. The van der Waals surface area contributed by atoms with Crippen molar-refractivity contribution >= 4 is 23.4 Å². The molecule has 1 fully saturated rings. The van der Waals surface area contributed by atoms with Crippen molar-refractivity contribution in [2.24, 2.45) is 0 Å². The van der Waals surface area contributed by atoms with Gasteiger partial charge in [0.2, 0.25) is 0 Å². The molecule has 0 saturated carbocycles. The van der Waals surface area contributed by atoms with Crippen LogP contribution in [0.25, 0.3) is 0 Å². The van der Waals surface area contributed by atoms with Crippen LogP contribution in [0.15, 0.2) is 23.1 Å². The van der Waals surface area contributed by atoms with E-state index in [2.05, 4.69) is 24.8 Å². The molecule has 0 bridgehead atoms. The quantitative estimate of drug-likeness (QED) is 0.835. The predicted molar refractivity (Wildman–Crippen MR) is 89.3 cm³/mol. The topological polar surface area (TPSA) is 56.5 Å². The Morgan fingerprint density at radius 1 is 1.45 bits per heavy atom. The SMILES string of the molecule is CC1CN(CC(O)CSc2ccc(C#N)cc2Cl)CC(C)O1. The van der Waals surface area contributed by atoms with Gasteiger partial charge in [0.05, 0.1) is 35.0 Å². The first-order chi connectivity index (χ1) is 10.5. The van der Waals surface area contributed by atoms with E-state index in [0.717, 1.165) is 18.0 Å². The molecule has 0 amide bonds. The lowest BCUT2D eigenvalue weighted by molar-refractivity contribution is -0.0750. The van der Waals surface area contributed by atoms with Gasteiger partial charge in [0.25, 0.3) is 0 Å². The Labute approximate surface area is 141 Å². The molecule has 1 saturated heterocycles. The van der Waals surface area contributed by atoms with Crippen molar-refractivity contribution in [3.8, 4) is 6.07 Å². The number of rotatable bonds is 5. The minimum atomic E-state index is -0.422. The summed E-state index contributed by atoms with van der Waals surface area (Å²) in [5.41, 5.74) is 0.547. The van der Waals surface area contributed by atoms with E-state index in [-0.39, 0.29) is 12.2 Å². The molecule has 1 aliphatic rings. The minimum Gasteiger partial charge on any atom is -0.391 e. The molecule has 22 heavy (non-hydrogen) atoms. The zero-order valence-electron chi connectivity index (χ0n) is 12.8. The molecule has 0 aromatic heterocycles. The van der Waals surface area contributed by atoms with Gasteiger partial charge in [-0.2, -0.15) is 5.26 Å². The number of nitriles is 1. The third-order valence-electron chi connectivity index (χ3n) is 3.46. The fraction of sp³-hybridized carbons (Fsp3) is 0.562. The number of benzene rings is 1. The fourth-order valence-electron chi connectivity index (χ4n) is 2.66. The zero-order valence-corrected chi connectivity index (χ0v) is 14.4. The Morgan fingerprint density at radius 3 is 2.73 bits per heavy atom. The summed E-state index contributed by atoms with van der Waals surface area (Å²) < 4.78 is 5.69. The van der Waals surface area contributed by atoms with E-state index in [9.17, 15) is 5.11 Å². The van der Waals surface area contributed by atoms with Gasteiger partial charge in [0.15, 0.2) is 0 Å². The molecule has 3 unspecified atom stereocenters. The lowest BCUT2D eigenvalue weighted by Gasteiger charge is -2.36. The molecule has 1 aromatic carbocycles. The highest BCUT2D eigenvalue weighted by atomic mass is 35.5. The van der Waals surface area contributed by atoms with Crippen molar-refractivity contribution in [2.45, 2.75) is 37.1 Å². The van der Waals surface area contributed by atoms with Crippen LogP contribution in [0, 0.1) is 11.3 Å². The lowest BCUT2D eigenvalue weighted by atomic mass is 10.2. The van der Waals surface area contributed by atoms with Gasteiger partial charge in [0.1, 0.15) is 0 Å². The molecule has 6 heteroatoms. The largest absolute Gasteiger partial charge is 0.391 e. The molecule has 1 heterocycles. The second-order valence-corrected chi connectivity index (χ2v) is 7.17. The van der Waals surface area contributed by atoms with Crippen LogP contribution in [0.1, 0.15) is 19.4 Å². The number of ether oxygens (including phenoxy) is 1. The number of morpholine rings is 1. The first kappa shape index (κ1) is 17.6. The number of aliphatic hydroxyl groups excluding tert-OH is 1. The summed E-state index contributed by atoms with van der Waals surface area (Å²) in [6, 6.07) is 7.29. The van der Waals surface area contributed by atoms with E-state index in [0.29, 0.717) is 22.9 Å². The standard InChI is InChI=1S/C16H21ClN2O2S/c1-11-7-19(8-12(2)21-11)9-14(20)10-22-16-4-3-13(6-18)5-15(16)17/h3-5,11-12,14,20H,7-10H2,1-2H3. The Balaban J connectivity index is 1.82. The van der Waals surface area contributed by atoms with Crippen LogP contribution in [0.2, 0.25) is 5.02 Å². The molecule has 1 aliphatic heterocycles. The van der Waals surface area contributed by atoms with E-state index in [1.54, 1.807) is 12.1 Å². The summed E-state index contributed by atoms with van der Waals surface area (Å²) in [7, 11) is 0. The van der Waals surface area contributed by atoms with Crippen molar-refractivity contribution in [2.75, 3.05) is 25.4 Å². The van der Waals surface area contributed by atoms with E-state index in [1.807, 2.05) is 6.07 Å². The van der Waals surface area contributed by atoms with Gasteiger partial charge in [-0.05, 0) is 32.0 Å². The highest BCUT2D eigenvalue weighted by Gasteiger charge is 2.23. The predicted octanol–water partition coefficient (Wildman–Crippen LogP) is 2.77. The summed E-state index contributed by atoms with van der Waals surface area (Å²) >= 11 is 7.66. The minimum absolute atomic E-state index is 0.205. The van der Waals surface area contributed by atoms with Gasteiger partial charge in [0, 0.05) is 30.3 Å². The van der Waals surface area contributed by atoms with Crippen LogP contribution < -0.4 is 0 Å². The number of hydrogen-bond donors (Lipinski definition) is 1. The molecule has 3 atom stereocenters. The molecule has 0 radical (unpaired) electrons. The highest BCUT2D eigenvalue weighted by Crippen LogP contribution is 2.28. The second kappa shape index (κ2) is 8.19. The van der Waals surface area contributed by atoms with Crippen LogP contribution in [0.4, 0.5) is 0 Å². The Bertz CT molecular complexity index is 539. The average Bonchev–Trinajstić information content (AvgIpc) is 2.44. The van der Waals surface area contributed by atoms with Crippen LogP contribution in [-0.2, 0) is 4.74 Å². The smallest absolute Gasteiger partial charge is 0.0992 e. The van der Waals surface area contributed by atoms with E-state index >= 15 is 0 Å². The van der Waals surface area contributed by atoms with Crippen molar-refractivity contribution in [1.82, 2.24) is 4.90 Å². The van der Waals surface area contributed by atoms with Gasteiger partial charge < -0.3 is 9.84 Å². The van der Waals surface area contributed by atoms with Crippen LogP contribution in [0.5, 0.6) is 0 Å². The number of halogens is 1. The Morgan fingerprint density at radius 2 is 2.14 bits per heavy atom. The summed E-state index contributed by atoms with van der Waals surface area (Å²) in [5.74, 6) is 0.575. The van der Waals surface area contributed by atoms with Crippen molar-refractivity contribution in [3.05, 3.63) is 28.8 Å². The molecule has 1 aromatic rings. The summed E-state index contributed by atoms with van der Waals surface area (Å²) in [5, 5.41) is 19.6. The summed E-state index contributed by atoms with van der Waals surface area (Å²) in [4.78, 5) is 3.13. The molecule has 0 spiro atoms. The van der Waals surface area contributed by atoms with Gasteiger partial charge >= 0.3 is 0 Å². The number of hydrogen-bond acceptors (Lipinski definition) is 5. The number of thioether (sulfide) groups is 1. The molecule has 120 valence electrons. The third kappa shape index (κ3) is 5.15. The molecular weight excluding hydrogens is 320 g/mol. The third-order valence-corrected chi connectivity index (χ3v) is 5.10. The van der Waals surface area contributed by atoms with Gasteiger partial charge in [-0.15, -0.1) is 11.8 Å². The fourth-order valence-corrected chi connectivity index (χ4v) is 3.84. The second-order valence-electron chi connectivity index (χ2n) is 5.70. The number of aliphatic hydroxyl groups is 1. The first-order valence-corrected chi connectivity index (χ1v) is 8.72. The van der Waals surface area contributed by atoms with Crippen LogP contribution >= 0.6 is 23.4 Å². The van der Waals surface area contributed by atoms with Gasteiger partial charge in [-0.1, -0.05) is 11.6 Å². The van der Waals surface area contributed by atoms with E-state index in [4.69, 9.17) is 21.6 Å². The van der Waals surface area contributed by atoms with Crippen molar-refractivity contribution < 1.29 is 9.84 Å². The summed E-state index contributed by atoms with van der Waals surface area (Å²) in [6.45, 7) is 6.45. The highest BCUT2D eigenvalue weighted by molar-refractivity contribution is 7.99. The molecule has 2 rings (SSSR count). The lowest BCUT2D eigenvalue weighted by Crippen LogP contribution is -2.48.